The Morgan fingerprint density at radius 1 is 1.05 bits per heavy atom. The van der Waals surface area contributed by atoms with Crippen LogP contribution in [0.1, 0.15) is 71.1 Å². The van der Waals surface area contributed by atoms with Crippen molar-refractivity contribution < 1.29 is 4.79 Å². The molecule has 1 saturated carbocycles. The minimum absolute atomic E-state index is 0.318. The third-order valence-electron chi connectivity index (χ3n) is 5.77. The van der Waals surface area contributed by atoms with E-state index in [0.29, 0.717) is 30.0 Å². The number of carbonyl (C=O) groups is 1. The Hall–Kier alpha value is -0.570. The second-order valence-electron chi connectivity index (χ2n) is 7.38. The summed E-state index contributed by atoms with van der Waals surface area (Å²) in [6.45, 7) is 2.28. The monoisotopic (exact) mass is 278 g/mol. The molecule has 2 saturated heterocycles. The molecule has 0 spiro atoms. The lowest BCUT2D eigenvalue weighted by Gasteiger charge is -2.31. The predicted octanol–water partition coefficient (Wildman–Crippen LogP) is 2.99. The lowest BCUT2D eigenvalue weighted by Crippen LogP contribution is -2.42. The minimum atomic E-state index is 0.318. The fourth-order valence-corrected chi connectivity index (χ4v) is 4.68. The SMILES string of the molecule is CCC1CCCC(NC(=O)CC2CC3CCC(C2)N3)C1. The maximum Gasteiger partial charge on any atom is 0.220 e. The summed E-state index contributed by atoms with van der Waals surface area (Å²) in [6.07, 6.45) is 12.2. The number of carbonyl (C=O) groups excluding carboxylic acids is 1. The van der Waals surface area contributed by atoms with Gasteiger partial charge in [0, 0.05) is 24.5 Å². The zero-order valence-electron chi connectivity index (χ0n) is 12.9. The summed E-state index contributed by atoms with van der Waals surface area (Å²) in [6, 6.07) is 1.86. The van der Waals surface area contributed by atoms with Gasteiger partial charge in [-0.1, -0.05) is 26.2 Å². The number of piperidine rings is 1. The molecular formula is C17H30N2O. The molecule has 2 heterocycles. The Labute approximate surface area is 123 Å². The Bertz CT molecular complexity index is 332. The van der Waals surface area contributed by atoms with Gasteiger partial charge in [-0.05, 0) is 50.4 Å². The van der Waals surface area contributed by atoms with Gasteiger partial charge in [-0.15, -0.1) is 0 Å². The number of hydrogen-bond acceptors (Lipinski definition) is 2. The smallest absolute Gasteiger partial charge is 0.220 e. The maximum atomic E-state index is 12.3. The molecule has 4 atom stereocenters. The highest BCUT2D eigenvalue weighted by atomic mass is 16.1. The second-order valence-corrected chi connectivity index (χ2v) is 7.38. The number of fused-ring (bicyclic) bond motifs is 2. The molecule has 0 aromatic heterocycles. The standard InChI is InChI=1S/C17H30N2O/c1-2-12-4-3-5-14(8-12)19-17(20)11-13-9-15-6-7-16(10-13)18-15/h12-16,18H,2-11H2,1H3,(H,19,20). The van der Waals surface area contributed by atoms with Crippen molar-refractivity contribution in [3.05, 3.63) is 0 Å². The third kappa shape index (κ3) is 3.55. The molecule has 3 fully saturated rings. The first-order valence-electron chi connectivity index (χ1n) is 8.78. The zero-order chi connectivity index (χ0) is 13.9. The van der Waals surface area contributed by atoms with E-state index in [4.69, 9.17) is 0 Å². The van der Waals surface area contributed by atoms with E-state index in [1.165, 1.54) is 57.8 Å². The van der Waals surface area contributed by atoms with Crippen molar-refractivity contribution in [1.29, 1.82) is 0 Å². The van der Waals surface area contributed by atoms with Gasteiger partial charge in [-0.25, -0.2) is 0 Å². The van der Waals surface area contributed by atoms with Crippen LogP contribution in [0.3, 0.4) is 0 Å². The summed E-state index contributed by atoms with van der Waals surface area (Å²) in [5.41, 5.74) is 0. The van der Waals surface area contributed by atoms with Crippen LogP contribution in [0.25, 0.3) is 0 Å². The van der Waals surface area contributed by atoms with E-state index in [1.807, 2.05) is 0 Å². The van der Waals surface area contributed by atoms with Gasteiger partial charge in [-0.3, -0.25) is 4.79 Å². The number of nitrogens with one attached hydrogen (secondary N) is 2. The molecule has 3 rings (SSSR count). The van der Waals surface area contributed by atoms with Crippen molar-refractivity contribution in [2.75, 3.05) is 0 Å². The molecule has 114 valence electrons. The summed E-state index contributed by atoms with van der Waals surface area (Å²) >= 11 is 0. The van der Waals surface area contributed by atoms with Gasteiger partial charge in [-0.2, -0.15) is 0 Å². The van der Waals surface area contributed by atoms with E-state index in [9.17, 15) is 4.79 Å². The number of hydrogen-bond donors (Lipinski definition) is 2. The van der Waals surface area contributed by atoms with Gasteiger partial charge in [0.2, 0.25) is 5.91 Å². The van der Waals surface area contributed by atoms with Crippen LogP contribution in [0.5, 0.6) is 0 Å². The molecule has 2 N–H and O–H groups in total. The van der Waals surface area contributed by atoms with E-state index in [0.717, 1.165) is 12.3 Å². The maximum absolute atomic E-state index is 12.3. The summed E-state index contributed by atoms with van der Waals surface area (Å²) in [5, 5.41) is 6.98. The molecule has 3 nitrogen and oxygen atoms in total. The van der Waals surface area contributed by atoms with Crippen molar-refractivity contribution in [2.24, 2.45) is 11.8 Å². The normalized spacial score (nSPS) is 40.5. The molecule has 3 heteroatoms. The highest BCUT2D eigenvalue weighted by Crippen LogP contribution is 2.33. The molecule has 20 heavy (non-hydrogen) atoms. The van der Waals surface area contributed by atoms with E-state index >= 15 is 0 Å². The zero-order valence-corrected chi connectivity index (χ0v) is 12.9. The molecular weight excluding hydrogens is 248 g/mol. The second kappa shape index (κ2) is 6.46. The van der Waals surface area contributed by atoms with Crippen LogP contribution in [0, 0.1) is 11.8 Å². The first kappa shape index (κ1) is 14.4. The van der Waals surface area contributed by atoms with Gasteiger partial charge in [0.1, 0.15) is 0 Å². The molecule has 0 aromatic rings. The van der Waals surface area contributed by atoms with Crippen molar-refractivity contribution >= 4 is 5.91 Å². The molecule has 2 bridgehead atoms. The topological polar surface area (TPSA) is 41.1 Å². The van der Waals surface area contributed by atoms with Crippen LogP contribution in [0.2, 0.25) is 0 Å². The highest BCUT2D eigenvalue weighted by molar-refractivity contribution is 5.76. The predicted molar refractivity (Wildman–Crippen MR) is 81.5 cm³/mol. The van der Waals surface area contributed by atoms with Crippen LogP contribution in [0.15, 0.2) is 0 Å². The third-order valence-corrected chi connectivity index (χ3v) is 5.77. The fraction of sp³-hybridized carbons (Fsp3) is 0.941. The molecule has 1 amide bonds. The number of rotatable bonds is 4. The van der Waals surface area contributed by atoms with Crippen LogP contribution in [0.4, 0.5) is 0 Å². The van der Waals surface area contributed by atoms with Crippen LogP contribution in [-0.4, -0.2) is 24.0 Å². The van der Waals surface area contributed by atoms with Gasteiger partial charge in [0.25, 0.3) is 0 Å². The van der Waals surface area contributed by atoms with Crippen molar-refractivity contribution in [3.8, 4) is 0 Å². The Morgan fingerprint density at radius 2 is 1.80 bits per heavy atom. The van der Waals surface area contributed by atoms with Crippen LogP contribution < -0.4 is 10.6 Å². The molecule has 1 aliphatic carbocycles. The average molecular weight is 278 g/mol. The average Bonchev–Trinajstić information content (AvgIpc) is 2.78. The highest BCUT2D eigenvalue weighted by Gasteiger charge is 2.34. The molecule has 0 aromatic carbocycles. The largest absolute Gasteiger partial charge is 0.353 e. The molecule has 3 aliphatic rings. The van der Waals surface area contributed by atoms with E-state index < -0.39 is 0 Å². The Balaban J connectivity index is 1.43. The number of amides is 1. The quantitative estimate of drug-likeness (QED) is 0.830. The van der Waals surface area contributed by atoms with Crippen molar-refractivity contribution in [2.45, 2.75) is 89.3 Å². The van der Waals surface area contributed by atoms with Gasteiger partial charge < -0.3 is 10.6 Å². The van der Waals surface area contributed by atoms with E-state index in [1.54, 1.807) is 0 Å². The first-order valence-corrected chi connectivity index (χ1v) is 8.78. The first-order chi connectivity index (χ1) is 9.72. The van der Waals surface area contributed by atoms with Crippen LogP contribution in [-0.2, 0) is 4.79 Å². The lowest BCUT2D eigenvalue weighted by molar-refractivity contribution is -0.123. The summed E-state index contributed by atoms with van der Waals surface area (Å²) in [5.74, 6) is 1.78. The summed E-state index contributed by atoms with van der Waals surface area (Å²) in [7, 11) is 0. The molecule has 4 unspecified atom stereocenters. The van der Waals surface area contributed by atoms with E-state index in [2.05, 4.69) is 17.6 Å². The van der Waals surface area contributed by atoms with Gasteiger partial charge in [0.05, 0.1) is 0 Å². The van der Waals surface area contributed by atoms with E-state index in [-0.39, 0.29) is 0 Å². The molecule has 0 radical (unpaired) electrons. The summed E-state index contributed by atoms with van der Waals surface area (Å²) in [4.78, 5) is 12.3. The lowest BCUT2D eigenvalue weighted by atomic mass is 9.84. The molecule has 2 aliphatic heterocycles. The minimum Gasteiger partial charge on any atom is -0.353 e. The van der Waals surface area contributed by atoms with Crippen molar-refractivity contribution in [1.82, 2.24) is 10.6 Å². The van der Waals surface area contributed by atoms with Gasteiger partial charge in [0.15, 0.2) is 0 Å². The Morgan fingerprint density at radius 3 is 2.50 bits per heavy atom. The van der Waals surface area contributed by atoms with Gasteiger partial charge >= 0.3 is 0 Å². The Kier molecular flexibility index (Phi) is 4.65. The summed E-state index contributed by atoms with van der Waals surface area (Å²) < 4.78 is 0. The van der Waals surface area contributed by atoms with Crippen molar-refractivity contribution in [3.63, 3.8) is 0 Å². The fourth-order valence-electron chi connectivity index (χ4n) is 4.68. The van der Waals surface area contributed by atoms with Crippen LogP contribution >= 0.6 is 0 Å².